The van der Waals surface area contributed by atoms with E-state index in [0.717, 1.165) is 23.8 Å². The first kappa shape index (κ1) is 13.6. The van der Waals surface area contributed by atoms with Crippen LogP contribution in [0, 0.1) is 0 Å². The standard InChI is InChI=1S/C10H15NOS.ClH/c1-12-10-4-2-9(3-5-10)8-13-7-6-11;/h2-5H,6-8,11H2,1H3;1H. The summed E-state index contributed by atoms with van der Waals surface area (Å²) in [7, 11) is 1.68. The number of hydrogen-bond acceptors (Lipinski definition) is 3. The van der Waals surface area contributed by atoms with Crippen molar-refractivity contribution in [3.63, 3.8) is 0 Å². The molecule has 0 aliphatic rings. The van der Waals surface area contributed by atoms with Crippen LogP contribution in [0.25, 0.3) is 0 Å². The zero-order valence-corrected chi connectivity index (χ0v) is 9.87. The molecule has 0 bridgehead atoms. The van der Waals surface area contributed by atoms with E-state index in [1.165, 1.54) is 5.56 Å². The van der Waals surface area contributed by atoms with Gasteiger partial charge in [0.15, 0.2) is 0 Å². The van der Waals surface area contributed by atoms with Gasteiger partial charge in [0.05, 0.1) is 7.11 Å². The van der Waals surface area contributed by atoms with Crippen molar-refractivity contribution in [1.29, 1.82) is 0 Å². The van der Waals surface area contributed by atoms with Gasteiger partial charge in [0.1, 0.15) is 5.75 Å². The smallest absolute Gasteiger partial charge is 0.118 e. The molecule has 0 atom stereocenters. The van der Waals surface area contributed by atoms with Crippen molar-refractivity contribution < 1.29 is 4.74 Å². The highest BCUT2D eigenvalue weighted by molar-refractivity contribution is 7.98. The average molecular weight is 234 g/mol. The molecule has 0 unspecified atom stereocenters. The predicted octanol–water partition coefficient (Wildman–Crippen LogP) is 2.31. The normalized spacial score (nSPS) is 9.29. The van der Waals surface area contributed by atoms with Crippen LogP contribution in [0.4, 0.5) is 0 Å². The fourth-order valence-corrected chi connectivity index (χ4v) is 1.73. The van der Waals surface area contributed by atoms with Crippen LogP contribution in [0.3, 0.4) is 0 Å². The van der Waals surface area contributed by atoms with Gasteiger partial charge in [0.25, 0.3) is 0 Å². The summed E-state index contributed by atoms with van der Waals surface area (Å²) < 4.78 is 5.07. The third-order valence-electron chi connectivity index (χ3n) is 1.69. The Morgan fingerprint density at radius 3 is 2.43 bits per heavy atom. The van der Waals surface area contributed by atoms with Crippen molar-refractivity contribution >= 4 is 24.2 Å². The van der Waals surface area contributed by atoms with E-state index in [0.29, 0.717) is 0 Å². The Labute approximate surface area is 95.6 Å². The van der Waals surface area contributed by atoms with Crippen LogP contribution < -0.4 is 10.5 Å². The molecule has 0 spiro atoms. The van der Waals surface area contributed by atoms with Crippen LogP contribution in [0.2, 0.25) is 0 Å². The first-order valence-electron chi connectivity index (χ1n) is 4.27. The van der Waals surface area contributed by atoms with E-state index in [9.17, 15) is 0 Å². The molecule has 0 amide bonds. The second-order valence-electron chi connectivity index (χ2n) is 2.69. The zero-order chi connectivity index (χ0) is 9.52. The molecule has 0 saturated carbocycles. The van der Waals surface area contributed by atoms with Gasteiger partial charge in [-0.1, -0.05) is 12.1 Å². The highest BCUT2D eigenvalue weighted by atomic mass is 35.5. The van der Waals surface area contributed by atoms with E-state index in [2.05, 4.69) is 12.1 Å². The van der Waals surface area contributed by atoms with Crippen LogP contribution in [0.15, 0.2) is 24.3 Å². The Kier molecular flexibility index (Phi) is 7.76. The quantitative estimate of drug-likeness (QED) is 0.793. The molecule has 0 fully saturated rings. The minimum Gasteiger partial charge on any atom is -0.497 e. The molecule has 0 saturated heterocycles. The molecule has 0 aromatic heterocycles. The maximum absolute atomic E-state index is 5.40. The summed E-state index contributed by atoms with van der Waals surface area (Å²) in [5, 5.41) is 0. The Morgan fingerprint density at radius 2 is 1.93 bits per heavy atom. The SMILES string of the molecule is COc1ccc(CSCCN)cc1.Cl. The Hall–Kier alpha value is -0.380. The summed E-state index contributed by atoms with van der Waals surface area (Å²) in [6.07, 6.45) is 0. The molecule has 2 N–H and O–H groups in total. The van der Waals surface area contributed by atoms with Crippen LogP contribution >= 0.6 is 24.2 Å². The zero-order valence-electron chi connectivity index (χ0n) is 8.23. The number of nitrogens with two attached hydrogens (primary N) is 1. The average Bonchev–Trinajstić information content (AvgIpc) is 2.19. The summed E-state index contributed by atoms with van der Waals surface area (Å²) in [6.45, 7) is 0.751. The van der Waals surface area contributed by atoms with E-state index in [1.807, 2.05) is 23.9 Å². The molecule has 0 radical (unpaired) electrons. The predicted molar refractivity (Wildman–Crippen MR) is 65.5 cm³/mol. The Morgan fingerprint density at radius 1 is 1.29 bits per heavy atom. The second kappa shape index (κ2) is 7.97. The molecule has 1 aromatic carbocycles. The van der Waals surface area contributed by atoms with Gasteiger partial charge in [-0.05, 0) is 17.7 Å². The molecule has 0 aliphatic carbocycles. The van der Waals surface area contributed by atoms with Gasteiger partial charge in [-0.15, -0.1) is 12.4 Å². The molecule has 14 heavy (non-hydrogen) atoms. The summed E-state index contributed by atoms with van der Waals surface area (Å²) in [5.41, 5.74) is 6.72. The van der Waals surface area contributed by atoms with Gasteiger partial charge in [0.2, 0.25) is 0 Å². The number of benzene rings is 1. The Bertz CT molecular complexity index is 240. The monoisotopic (exact) mass is 233 g/mol. The first-order valence-corrected chi connectivity index (χ1v) is 5.43. The topological polar surface area (TPSA) is 35.2 Å². The van der Waals surface area contributed by atoms with Crippen LogP contribution in [0.5, 0.6) is 5.75 Å². The van der Waals surface area contributed by atoms with Crippen molar-refractivity contribution in [3.8, 4) is 5.75 Å². The minimum atomic E-state index is 0. The van der Waals surface area contributed by atoms with Crippen LogP contribution in [0.1, 0.15) is 5.56 Å². The molecule has 2 nitrogen and oxygen atoms in total. The number of halogens is 1. The maximum Gasteiger partial charge on any atom is 0.118 e. The van der Waals surface area contributed by atoms with Gasteiger partial charge in [-0.2, -0.15) is 11.8 Å². The lowest BCUT2D eigenvalue weighted by atomic mass is 10.2. The molecule has 1 rings (SSSR count). The molecular formula is C10H16ClNOS. The van der Waals surface area contributed by atoms with Crippen molar-refractivity contribution in [1.82, 2.24) is 0 Å². The van der Waals surface area contributed by atoms with Gasteiger partial charge < -0.3 is 10.5 Å². The van der Waals surface area contributed by atoms with E-state index in [-0.39, 0.29) is 12.4 Å². The fourth-order valence-electron chi connectivity index (χ4n) is 0.995. The number of methoxy groups -OCH3 is 1. The number of ether oxygens (including phenoxy) is 1. The molecule has 0 heterocycles. The third kappa shape index (κ3) is 4.74. The summed E-state index contributed by atoms with van der Waals surface area (Å²) >= 11 is 1.85. The molecule has 80 valence electrons. The van der Waals surface area contributed by atoms with E-state index in [4.69, 9.17) is 10.5 Å². The second-order valence-corrected chi connectivity index (χ2v) is 3.79. The molecule has 1 aromatic rings. The van der Waals surface area contributed by atoms with E-state index in [1.54, 1.807) is 7.11 Å². The van der Waals surface area contributed by atoms with E-state index < -0.39 is 0 Å². The summed E-state index contributed by atoms with van der Waals surface area (Å²) in [5.74, 6) is 2.96. The van der Waals surface area contributed by atoms with Gasteiger partial charge >= 0.3 is 0 Å². The number of hydrogen-bond donors (Lipinski definition) is 1. The third-order valence-corrected chi connectivity index (χ3v) is 2.75. The van der Waals surface area contributed by atoms with Gasteiger partial charge in [-0.3, -0.25) is 0 Å². The van der Waals surface area contributed by atoms with Gasteiger partial charge in [0, 0.05) is 18.1 Å². The summed E-state index contributed by atoms with van der Waals surface area (Å²) in [4.78, 5) is 0. The molecule has 4 heteroatoms. The summed E-state index contributed by atoms with van der Waals surface area (Å²) in [6, 6.07) is 8.14. The lowest BCUT2D eigenvalue weighted by molar-refractivity contribution is 0.414. The maximum atomic E-state index is 5.40. The van der Waals surface area contributed by atoms with Crippen molar-refractivity contribution in [2.24, 2.45) is 5.73 Å². The molecular weight excluding hydrogens is 218 g/mol. The Balaban J connectivity index is 0.00000169. The van der Waals surface area contributed by atoms with Gasteiger partial charge in [-0.25, -0.2) is 0 Å². The fraction of sp³-hybridized carbons (Fsp3) is 0.400. The lowest BCUT2D eigenvalue weighted by Gasteiger charge is -2.02. The first-order chi connectivity index (χ1) is 6.36. The van der Waals surface area contributed by atoms with Crippen molar-refractivity contribution in [2.45, 2.75) is 5.75 Å². The number of thioether (sulfide) groups is 1. The largest absolute Gasteiger partial charge is 0.497 e. The molecule has 0 aliphatic heterocycles. The minimum absolute atomic E-state index is 0. The lowest BCUT2D eigenvalue weighted by Crippen LogP contribution is -2.01. The van der Waals surface area contributed by atoms with Crippen LogP contribution in [-0.4, -0.2) is 19.4 Å². The van der Waals surface area contributed by atoms with Crippen molar-refractivity contribution in [2.75, 3.05) is 19.4 Å². The van der Waals surface area contributed by atoms with Crippen LogP contribution in [-0.2, 0) is 5.75 Å². The number of rotatable bonds is 5. The highest BCUT2D eigenvalue weighted by Gasteiger charge is 1.93. The van der Waals surface area contributed by atoms with E-state index >= 15 is 0 Å². The van der Waals surface area contributed by atoms with Crippen molar-refractivity contribution in [3.05, 3.63) is 29.8 Å². The highest BCUT2D eigenvalue weighted by Crippen LogP contribution is 2.15.